The molecule has 0 N–H and O–H groups in total. The van der Waals surface area contributed by atoms with Crippen LogP contribution in [-0.4, -0.2) is 6.29 Å². The summed E-state index contributed by atoms with van der Waals surface area (Å²) in [5, 5.41) is 0. The summed E-state index contributed by atoms with van der Waals surface area (Å²) in [6, 6.07) is 10.0. The number of hydrogen-bond donors (Lipinski definition) is 0. The molecule has 1 nitrogen and oxygen atoms in total. The third-order valence-electron chi connectivity index (χ3n) is 2.06. The minimum Gasteiger partial charge on any atom is -0.298 e. The predicted octanol–water partition coefficient (Wildman–Crippen LogP) is 3.38. The van der Waals surface area contributed by atoms with Crippen LogP contribution in [0.3, 0.4) is 0 Å². The summed E-state index contributed by atoms with van der Waals surface area (Å²) in [7, 11) is 0. The summed E-state index contributed by atoms with van der Waals surface area (Å²) in [4.78, 5) is 10.4. The van der Waals surface area contributed by atoms with Crippen molar-refractivity contribution in [2.45, 2.75) is 20.3 Å². The van der Waals surface area contributed by atoms with Crippen LogP contribution in [0.1, 0.15) is 25.8 Å². The van der Waals surface area contributed by atoms with E-state index in [1.165, 1.54) is 0 Å². The fourth-order valence-corrected chi connectivity index (χ4v) is 1.21. The second-order valence-electron chi connectivity index (χ2n) is 3.25. The van der Waals surface area contributed by atoms with Gasteiger partial charge in [0.15, 0.2) is 6.29 Å². The van der Waals surface area contributed by atoms with Gasteiger partial charge in [0.2, 0.25) is 0 Å². The summed E-state index contributed by atoms with van der Waals surface area (Å²) in [6.07, 6.45) is 1.66. The molecule has 1 heteroatoms. The Hall–Kier alpha value is -1.81. The second-order valence-corrected chi connectivity index (χ2v) is 3.25. The van der Waals surface area contributed by atoms with Crippen molar-refractivity contribution < 1.29 is 4.79 Å². The molecule has 0 saturated heterocycles. The molecule has 0 bridgehead atoms. The van der Waals surface area contributed by atoms with E-state index in [2.05, 4.69) is 18.4 Å². The van der Waals surface area contributed by atoms with E-state index in [1.807, 2.05) is 30.3 Å². The van der Waals surface area contributed by atoms with Crippen molar-refractivity contribution in [3.8, 4) is 0 Å². The Kier molecular flexibility index (Phi) is 4.37. The van der Waals surface area contributed by atoms with Crippen LogP contribution in [-0.2, 0) is 4.79 Å². The van der Waals surface area contributed by atoms with Gasteiger partial charge in [0, 0.05) is 11.1 Å². The van der Waals surface area contributed by atoms with Gasteiger partial charge >= 0.3 is 0 Å². The molecule has 1 aromatic carbocycles. The maximum absolute atomic E-state index is 10.4. The van der Waals surface area contributed by atoms with Crippen LogP contribution >= 0.6 is 0 Å². The Morgan fingerprint density at radius 2 is 1.93 bits per heavy atom. The SMILES string of the molecule is CCC(=C=C=C(C)C=O)c1ccccc1. The Labute approximate surface area is 90.4 Å². The highest BCUT2D eigenvalue weighted by molar-refractivity contribution is 5.72. The molecule has 0 spiro atoms. The molecule has 0 saturated carbocycles. The topological polar surface area (TPSA) is 17.1 Å². The summed E-state index contributed by atoms with van der Waals surface area (Å²) in [6.45, 7) is 3.78. The van der Waals surface area contributed by atoms with Crippen LogP contribution in [0.4, 0.5) is 0 Å². The maximum atomic E-state index is 10.4. The van der Waals surface area contributed by atoms with Gasteiger partial charge in [0.25, 0.3) is 0 Å². The van der Waals surface area contributed by atoms with Crippen LogP contribution in [0.2, 0.25) is 0 Å². The first-order valence-corrected chi connectivity index (χ1v) is 5.00. The predicted molar refractivity (Wildman–Crippen MR) is 62.4 cm³/mol. The highest BCUT2D eigenvalue weighted by atomic mass is 16.1. The van der Waals surface area contributed by atoms with E-state index in [0.29, 0.717) is 5.57 Å². The van der Waals surface area contributed by atoms with Gasteiger partial charge in [-0.15, -0.1) is 0 Å². The lowest BCUT2D eigenvalue weighted by Crippen LogP contribution is -1.79. The van der Waals surface area contributed by atoms with Crippen molar-refractivity contribution in [3.63, 3.8) is 0 Å². The fourth-order valence-electron chi connectivity index (χ4n) is 1.21. The van der Waals surface area contributed by atoms with Crippen LogP contribution in [0.25, 0.3) is 5.57 Å². The van der Waals surface area contributed by atoms with Crippen molar-refractivity contribution in [1.82, 2.24) is 0 Å². The zero-order valence-electron chi connectivity index (χ0n) is 9.08. The molecule has 0 unspecified atom stereocenters. The van der Waals surface area contributed by atoms with Gasteiger partial charge in [0.05, 0.1) is 0 Å². The maximum Gasteiger partial charge on any atom is 0.154 e. The smallest absolute Gasteiger partial charge is 0.154 e. The number of rotatable bonds is 3. The van der Waals surface area contributed by atoms with Crippen LogP contribution in [0.15, 0.2) is 47.4 Å². The number of aldehydes is 1. The molecule has 1 aromatic rings. The quantitative estimate of drug-likeness (QED) is 0.413. The third kappa shape index (κ3) is 3.44. The Morgan fingerprint density at radius 1 is 1.27 bits per heavy atom. The van der Waals surface area contributed by atoms with E-state index in [0.717, 1.165) is 23.8 Å². The van der Waals surface area contributed by atoms with Gasteiger partial charge in [-0.05, 0) is 18.9 Å². The Bertz CT molecular complexity index is 428. The second kappa shape index (κ2) is 5.82. The molecule has 15 heavy (non-hydrogen) atoms. The highest BCUT2D eigenvalue weighted by Gasteiger charge is 1.95. The molecular formula is C14H14O. The molecule has 0 aliphatic carbocycles. The first kappa shape index (κ1) is 11.3. The normalized spacial score (nSPS) is 8.67. The number of carbonyl (C=O) groups excluding carboxylic acids is 1. The number of hydrogen-bond acceptors (Lipinski definition) is 1. The van der Waals surface area contributed by atoms with Crippen molar-refractivity contribution in [2.24, 2.45) is 0 Å². The van der Waals surface area contributed by atoms with Crippen molar-refractivity contribution in [2.75, 3.05) is 0 Å². The lowest BCUT2D eigenvalue weighted by atomic mass is 10.0. The largest absolute Gasteiger partial charge is 0.298 e. The number of carbonyl (C=O) groups is 1. The molecule has 0 radical (unpaired) electrons. The molecule has 0 aliphatic rings. The molecule has 0 fully saturated rings. The van der Waals surface area contributed by atoms with Gasteiger partial charge in [-0.1, -0.05) is 48.7 Å². The van der Waals surface area contributed by atoms with Crippen LogP contribution in [0, 0.1) is 0 Å². The van der Waals surface area contributed by atoms with Gasteiger partial charge in [0.1, 0.15) is 0 Å². The van der Waals surface area contributed by atoms with Crippen LogP contribution < -0.4 is 0 Å². The van der Waals surface area contributed by atoms with Gasteiger partial charge in [-0.3, -0.25) is 4.79 Å². The van der Waals surface area contributed by atoms with E-state index in [9.17, 15) is 4.79 Å². The molecule has 0 aliphatic heterocycles. The summed E-state index contributed by atoms with van der Waals surface area (Å²) in [5.41, 5.74) is 8.64. The van der Waals surface area contributed by atoms with Gasteiger partial charge in [-0.25, -0.2) is 0 Å². The van der Waals surface area contributed by atoms with E-state index in [4.69, 9.17) is 0 Å². The van der Waals surface area contributed by atoms with Crippen molar-refractivity contribution in [1.29, 1.82) is 0 Å². The summed E-state index contributed by atoms with van der Waals surface area (Å²) < 4.78 is 0. The van der Waals surface area contributed by atoms with Crippen LogP contribution in [0.5, 0.6) is 0 Å². The highest BCUT2D eigenvalue weighted by Crippen LogP contribution is 2.15. The zero-order valence-corrected chi connectivity index (χ0v) is 9.08. The molecule has 0 amide bonds. The Morgan fingerprint density at radius 3 is 2.47 bits per heavy atom. The third-order valence-corrected chi connectivity index (χ3v) is 2.06. The van der Waals surface area contributed by atoms with Gasteiger partial charge < -0.3 is 0 Å². The average Bonchev–Trinajstić information content (AvgIpc) is 2.31. The minimum atomic E-state index is 0.567. The lowest BCUT2D eigenvalue weighted by molar-refractivity contribution is -0.104. The van der Waals surface area contributed by atoms with E-state index >= 15 is 0 Å². The van der Waals surface area contributed by atoms with Crippen molar-refractivity contribution in [3.05, 3.63) is 52.9 Å². The van der Waals surface area contributed by atoms with E-state index in [-0.39, 0.29) is 0 Å². The first-order chi connectivity index (χ1) is 7.27. The molecule has 0 aromatic heterocycles. The first-order valence-electron chi connectivity index (χ1n) is 5.00. The molecule has 76 valence electrons. The monoisotopic (exact) mass is 198 g/mol. The van der Waals surface area contributed by atoms with Crippen molar-refractivity contribution >= 4 is 11.9 Å². The summed E-state index contributed by atoms with van der Waals surface area (Å²) >= 11 is 0. The zero-order chi connectivity index (χ0) is 11.1. The standard InChI is InChI=1S/C14H14O/c1-3-13(10-9-12(2)11-15)14-7-5-4-6-8-14/h4-8,11H,3H2,1-2H3. The number of allylic oxidation sites excluding steroid dienone is 2. The van der Waals surface area contributed by atoms with E-state index in [1.54, 1.807) is 6.92 Å². The lowest BCUT2D eigenvalue weighted by Gasteiger charge is -1.99. The van der Waals surface area contributed by atoms with Gasteiger partial charge in [-0.2, -0.15) is 0 Å². The number of benzene rings is 1. The minimum absolute atomic E-state index is 0.567. The molecular weight excluding hydrogens is 184 g/mol. The van der Waals surface area contributed by atoms with E-state index < -0.39 is 0 Å². The summed E-state index contributed by atoms with van der Waals surface area (Å²) in [5.74, 6) is 0. The molecule has 1 rings (SSSR count). The average molecular weight is 198 g/mol. The molecule has 0 heterocycles. The molecule has 0 atom stereocenters. The Balaban J connectivity index is 3.22. The fraction of sp³-hybridized carbons (Fsp3) is 0.214.